The van der Waals surface area contributed by atoms with Gasteiger partial charge in [0.2, 0.25) is 6.29 Å². The van der Waals surface area contributed by atoms with Crippen molar-refractivity contribution in [1.82, 2.24) is 5.32 Å². The SMILES string of the molecule is C=CCOC(=O)N[C@@H]1CC(=O)O[C@H]1OCc1ccccc1. The molecule has 6 heteroatoms. The number of nitrogens with one attached hydrogen (secondary N) is 1. The van der Waals surface area contributed by atoms with Gasteiger partial charge in [0.25, 0.3) is 0 Å². The molecule has 1 fully saturated rings. The third kappa shape index (κ3) is 4.61. The Morgan fingerprint density at radius 3 is 2.90 bits per heavy atom. The number of carbonyl (C=O) groups excluding carboxylic acids is 2. The maximum absolute atomic E-state index is 11.5. The van der Waals surface area contributed by atoms with Crippen molar-refractivity contribution in [3.05, 3.63) is 48.6 Å². The van der Waals surface area contributed by atoms with Crippen molar-refractivity contribution >= 4 is 12.1 Å². The molecule has 1 aromatic carbocycles. The maximum atomic E-state index is 11.5. The molecule has 1 aromatic rings. The number of ether oxygens (including phenoxy) is 3. The van der Waals surface area contributed by atoms with Gasteiger partial charge in [0.1, 0.15) is 12.6 Å². The smallest absolute Gasteiger partial charge is 0.407 e. The van der Waals surface area contributed by atoms with Crippen molar-refractivity contribution in [3.63, 3.8) is 0 Å². The van der Waals surface area contributed by atoms with E-state index in [1.807, 2.05) is 30.3 Å². The Kier molecular flexibility index (Phi) is 5.34. The van der Waals surface area contributed by atoms with E-state index in [1.54, 1.807) is 0 Å². The van der Waals surface area contributed by atoms with E-state index in [4.69, 9.17) is 14.2 Å². The number of carbonyl (C=O) groups is 2. The highest BCUT2D eigenvalue weighted by Gasteiger charge is 2.37. The van der Waals surface area contributed by atoms with Crippen LogP contribution in [0.3, 0.4) is 0 Å². The van der Waals surface area contributed by atoms with Crippen LogP contribution in [0.25, 0.3) is 0 Å². The Bertz CT molecular complexity index is 502. The van der Waals surface area contributed by atoms with Gasteiger partial charge in [0.15, 0.2) is 0 Å². The molecular formula is C15H17NO5. The average Bonchev–Trinajstić information content (AvgIpc) is 2.83. The van der Waals surface area contributed by atoms with E-state index in [9.17, 15) is 9.59 Å². The Balaban J connectivity index is 1.86. The summed E-state index contributed by atoms with van der Waals surface area (Å²) in [5.74, 6) is -0.415. The van der Waals surface area contributed by atoms with Gasteiger partial charge in [-0.15, -0.1) is 0 Å². The van der Waals surface area contributed by atoms with Crippen molar-refractivity contribution in [2.45, 2.75) is 25.4 Å². The summed E-state index contributed by atoms with van der Waals surface area (Å²) in [4.78, 5) is 22.8. The monoisotopic (exact) mass is 291 g/mol. The zero-order valence-electron chi connectivity index (χ0n) is 11.5. The van der Waals surface area contributed by atoms with Crippen molar-refractivity contribution in [2.24, 2.45) is 0 Å². The number of hydrogen-bond acceptors (Lipinski definition) is 5. The van der Waals surface area contributed by atoms with Gasteiger partial charge < -0.3 is 19.5 Å². The number of benzene rings is 1. The van der Waals surface area contributed by atoms with Crippen LogP contribution in [0.5, 0.6) is 0 Å². The van der Waals surface area contributed by atoms with Gasteiger partial charge in [0, 0.05) is 0 Å². The van der Waals surface area contributed by atoms with Gasteiger partial charge in [-0.05, 0) is 5.56 Å². The number of alkyl carbamates (subject to hydrolysis) is 1. The number of hydrogen-bond donors (Lipinski definition) is 1. The maximum Gasteiger partial charge on any atom is 0.407 e. The van der Waals surface area contributed by atoms with Crippen LogP contribution in [0.4, 0.5) is 4.79 Å². The zero-order valence-corrected chi connectivity index (χ0v) is 11.5. The minimum absolute atomic E-state index is 0.0582. The van der Waals surface area contributed by atoms with Crippen LogP contribution < -0.4 is 5.32 Å². The molecule has 0 bridgehead atoms. The predicted octanol–water partition coefficient (Wildman–Crippen LogP) is 1.76. The summed E-state index contributed by atoms with van der Waals surface area (Å²) >= 11 is 0. The minimum atomic E-state index is -0.811. The Labute approximate surface area is 122 Å². The molecule has 112 valence electrons. The molecule has 1 N–H and O–H groups in total. The van der Waals surface area contributed by atoms with E-state index >= 15 is 0 Å². The van der Waals surface area contributed by atoms with Gasteiger partial charge in [-0.2, -0.15) is 0 Å². The van der Waals surface area contributed by atoms with E-state index in [1.165, 1.54) is 6.08 Å². The molecule has 0 saturated carbocycles. The summed E-state index contributed by atoms with van der Waals surface area (Å²) in [6.07, 6.45) is 0.0718. The largest absolute Gasteiger partial charge is 0.445 e. The summed E-state index contributed by atoms with van der Waals surface area (Å²) in [7, 11) is 0. The van der Waals surface area contributed by atoms with Gasteiger partial charge in [-0.3, -0.25) is 4.79 Å². The fourth-order valence-electron chi connectivity index (χ4n) is 1.89. The molecular weight excluding hydrogens is 274 g/mol. The van der Waals surface area contributed by atoms with Crippen LogP contribution in [-0.4, -0.2) is 31.0 Å². The fourth-order valence-corrected chi connectivity index (χ4v) is 1.89. The fraction of sp³-hybridized carbons (Fsp3) is 0.333. The van der Waals surface area contributed by atoms with Gasteiger partial charge in [0.05, 0.1) is 13.0 Å². The molecule has 2 atom stereocenters. The first-order chi connectivity index (χ1) is 10.2. The van der Waals surface area contributed by atoms with Crippen molar-refractivity contribution in [2.75, 3.05) is 6.61 Å². The lowest BCUT2D eigenvalue weighted by Gasteiger charge is -2.18. The second-order valence-corrected chi connectivity index (χ2v) is 4.50. The van der Waals surface area contributed by atoms with Crippen LogP contribution in [0.1, 0.15) is 12.0 Å². The molecule has 21 heavy (non-hydrogen) atoms. The topological polar surface area (TPSA) is 73.9 Å². The molecule has 6 nitrogen and oxygen atoms in total. The normalized spacial score (nSPS) is 20.7. The summed E-state index contributed by atoms with van der Waals surface area (Å²) in [5.41, 5.74) is 0.952. The molecule has 1 heterocycles. The lowest BCUT2D eigenvalue weighted by Crippen LogP contribution is -2.41. The van der Waals surface area contributed by atoms with Gasteiger partial charge >= 0.3 is 12.1 Å². The Hall–Kier alpha value is -2.34. The second kappa shape index (κ2) is 7.44. The summed E-state index contributed by atoms with van der Waals surface area (Å²) in [6, 6.07) is 8.93. The molecule has 0 unspecified atom stereocenters. The Morgan fingerprint density at radius 1 is 1.43 bits per heavy atom. The standard InChI is InChI=1S/C15H17NO5/c1-2-8-19-15(18)16-12-9-13(17)21-14(12)20-10-11-6-4-3-5-7-11/h2-7,12,14H,1,8-10H2,(H,16,18)/t12-,14-/m1/s1. The van der Waals surface area contributed by atoms with Crippen LogP contribution in [0.2, 0.25) is 0 Å². The lowest BCUT2D eigenvalue weighted by molar-refractivity contribution is -0.167. The van der Waals surface area contributed by atoms with Crippen LogP contribution in [-0.2, 0) is 25.6 Å². The quantitative estimate of drug-likeness (QED) is 0.638. The van der Waals surface area contributed by atoms with Crippen LogP contribution in [0, 0.1) is 0 Å². The first-order valence-electron chi connectivity index (χ1n) is 6.58. The minimum Gasteiger partial charge on any atom is -0.445 e. The van der Waals surface area contributed by atoms with Crippen molar-refractivity contribution in [3.8, 4) is 0 Å². The van der Waals surface area contributed by atoms with E-state index in [0.29, 0.717) is 6.61 Å². The number of cyclic esters (lactones) is 1. The molecule has 0 radical (unpaired) electrons. The highest BCUT2D eigenvalue weighted by molar-refractivity contribution is 5.75. The highest BCUT2D eigenvalue weighted by atomic mass is 16.7. The van der Waals surface area contributed by atoms with Crippen molar-refractivity contribution < 1.29 is 23.8 Å². The third-order valence-corrected chi connectivity index (χ3v) is 2.86. The number of esters is 1. The molecule has 0 aliphatic carbocycles. The summed E-state index contributed by atoms with van der Waals surface area (Å²) < 4.78 is 15.4. The van der Waals surface area contributed by atoms with E-state index < -0.39 is 24.4 Å². The second-order valence-electron chi connectivity index (χ2n) is 4.50. The van der Waals surface area contributed by atoms with Crippen molar-refractivity contribution in [1.29, 1.82) is 0 Å². The molecule has 1 saturated heterocycles. The molecule has 2 rings (SSSR count). The van der Waals surface area contributed by atoms with E-state index in [2.05, 4.69) is 11.9 Å². The third-order valence-electron chi connectivity index (χ3n) is 2.86. The molecule has 0 aromatic heterocycles. The van der Waals surface area contributed by atoms with Crippen LogP contribution >= 0.6 is 0 Å². The zero-order chi connectivity index (χ0) is 15.1. The van der Waals surface area contributed by atoms with E-state index in [0.717, 1.165) is 5.56 Å². The highest BCUT2D eigenvalue weighted by Crippen LogP contribution is 2.18. The van der Waals surface area contributed by atoms with Gasteiger partial charge in [-0.25, -0.2) is 4.79 Å². The predicted molar refractivity (Wildman–Crippen MR) is 74.2 cm³/mol. The van der Waals surface area contributed by atoms with Gasteiger partial charge in [-0.1, -0.05) is 43.0 Å². The molecule has 1 aliphatic rings. The number of rotatable bonds is 6. The van der Waals surface area contributed by atoms with Crippen LogP contribution in [0.15, 0.2) is 43.0 Å². The molecule has 0 spiro atoms. The molecule has 1 aliphatic heterocycles. The first-order valence-corrected chi connectivity index (χ1v) is 6.58. The Morgan fingerprint density at radius 2 is 2.19 bits per heavy atom. The first kappa shape index (κ1) is 15.1. The number of amides is 1. The summed E-state index contributed by atoms with van der Waals surface area (Å²) in [6.45, 7) is 3.84. The average molecular weight is 291 g/mol. The lowest BCUT2D eigenvalue weighted by atomic mass is 10.2. The summed E-state index contributed by atoms with van der Waals surface area (Å²) in [5, 5.41) is 2.55. The molecule has 1 amide bonds. The van der Waals surface area contributed by atoms with E-state index in [-0.39, 0.29) is 13.0 Å².